The van der Waals surface area contributed by atoms with Gasteiger partial charge in [-0.15, -0.1) is 10.2 Å². The number of benzene rings is 2. The van der Waals surface area contributed by atoms with Gasteiger partial charge in [-0.3, -0.25) is 0 Å². The van der Waals surface area contributed by atoms with E-state index in [1.807, 2.05) is 0 Å². The average molecular weight is 360 g/mol. The van der Waals surface area contributed by atoms with Crippen LogP contribution in [0.5, 0.6) is 5.75 Å². The van der Waals surface area contributed by atoms with Crippen molar-refractivity contribution in [2.24, 2.45) is 0 Å². The summed E-state index contributed by atoms with van der Waals surface area (Å²) >= 11 is 0. The first-order chi connectivity index (χ1) is 12.5. The minimum absolute atomic E-state index is 0.0967. The molecule has 134 valence electrons. The van der Waals surface area contributed by atoms with Gasteiger partial charge in [-0.1, -0.05) is 0 Å². The maximum atomic E-state index is 12.9. The number of ether oxygens (including phenoxy) is 2. The summed E-state index contributed by atoms with van der Waals surface area (Å²) in [4.78, 5) is 11.8. The molecule has 0 aliphatic rings. The number of aromatic nitrogens is 2. The summed E-state index contributed by atoms with van der Waals surface area (Å²) in [5.41, 5.74) is 0.545. The minimum atomic E-state index is -0.791. The Labute approximate surface area is 147 Å². The van der Waals surface area contributed by atoms with E-state index in [1.54, 1.807) is 6.92 Å². The van der Waals surface area contributed by atoms with E-state index in [-0.39, 0.29) is 24.2 Å². The highest BCUT2D eigenvalue weighted by molar-refractivity contribution is 5.71. The van der Waals surface area contributed by atoms with Gasteiger partial charge in [0.05, 0.1) is 0 Å². The lowest BCUT2D eigenvalue weighted by atomic mass is 10.2. The van der Waals surface area contributed by atoms with Crippen molar-refractivity contribution in [3.63, 3.8) is 0 Å². The van der Waals surface area contributed by atoms with Crippen LogP contribution in [-0.4, -0.2) is 22.8 Å². The van der Waals surface area contributed by atoms with Crippen LogP contribution in [0.15, 0.2) is 52.9 Å². The molecule has 0 bridgehead atoms. The minimum Gasteiger partial charge on any atom is -0.482 e. The second-order valence-electron chi connectivity index (χ2n) is 5.33. The molecule has 2 aromatic carbocycles. The van der Waals surface area contributed by atoms with Gasteiger partial charge in [-0.05, 0) is 55.5 Å². The number of hydrogen-bond donors (Lipinski definition) is 0. The largest absolute Gasteiger partial charge is 0.482 e. The fourth-order valence-electron chi connectivity index (χ4n) is 2.06. The fourth-order valence-corrected chi connectivity index (χ4v) is 2.06. The van der Waals surface area contributed by atoms with Gasteiger partial charge in [0.15, 0.2) is 12.7 Å². The van der Waals surface area contributed by atoms with Gasteiger partial charge >= 0.3 is 5.97 Å². The van der Waals surface area contributed by atoms with Crippen molar-refractivity contribution in [3.05, 3.63) is 66.1 Å². The van der Waals surface area contributed by atoms with Crippen molar-refractivity contribution in [2.45, 2.75) is 13.0 Å². The summed E-state index contributed by atoms with van der Waals surface area (Å²) in [7, 11) is 0. The van der Waals surface area contributed by atoms with Crippen molar-refractivity contribution < 1.29 is 27.5 Å². The molecule has 3 aromatic rings. The molecule has 0 unspecified atom stereocenters. The molecule has 0 saturated heterocycles. The van der Waals surface area contributed by atoms with E-state index >= 15 is 0 Å². The molecule has 0 aliphatic heterocycles. The number of hydrogen-bond acceptors (Lipinski definition) is 6. The van der Waals surface area contributed by atoms with E-state index < -0.39 is 17.9 Å². The Kier molecular flexibility index (Phi) is 5.21. The molecule has 0 aliphatic carbocycles. The van der Waals surface area contributed by atoms with Gasteiger partial charge in [0.25, 0.3) is 5.89 Å². The zero-order chi connectivity index (χ0) is 18.5. The molecule has 0 spiro atoms. The van der Waals surface area contributed by atoms with Crippen LogP contribution in [0, 0.1) is 11.6 Å². The molecule has 0 saturated carbocycles. The van der Waals surface area contributed by atoms with Crippen LogP contribution < -0.4 is 4.74 Å². The van der Waals surface area contributed by atoms with Crippen LogP contribution in [-0.2, 0) is 9.53 Å². The topological polar surface area (TPSA) is 74.5 Å². The lowest BCUT2D eigenvalue weighted by Crippen LogP contribution is -2.17. The van der Waals surface area contributed by atoms with Gasteiger partial charge in [0.2, 0.25) is 5.89 Å². The van der Waals surface area contributed by atoms with Gasteiger partial charge in [-0.25, -0.2) is 13.6 Å². The van der Waals surface area contributed by atoms with Gasteiger partial charge in [-0.2, -0.15) is 0 Å². The SMILES string of the molecule is C[C@H](OC(=O)COc1ccc(F)cc1)c1nnc(-c2ccc(F)cc2)o1. The second kappa shape index (κ2) is 7.73. The normalized spacial score (nSPS) is 11.8. The molecular formula is C18H14F2N2O4. The highest BCUT2D eigenvalue weighted by Gasteiger charge is 2.19. The van der Waals surface area contributed by atoms with Gasteiger partial charge in [0.1, 0.15) is 17.4 Å². The number of esters is 1. The summed E-state index contributed by atoms with van der Waals surface area (Å²) in [6, 6.07) is 10.8. The number of nitrogens with zero attached hydrogens (tertiary/aromatic N) is 2. The van der Waals surface area contributed by atoms with Crippen molar-refractivity contribution in [2.75, 3.05) is 6.61 Å². The van der Waals surface area contributed by atoms with Gasteiger partial charge in [0, 0.05) is 5.56 Å². The second-order valence-corrected chi connectivity index (χ2v) is 5.33. The highest BCUT2D eigenvalue weighted by atomic mass is 19.1. The van der Waals surface area contributed by atoms with E-state index in [2.05, 4.69) is 10.2 Å². The molecule has 0 radical (unpaired) electrons. The predicted octanol–water partition coefficient (Wildman–Crippen LogP) is 3.70. The number of rotatable bonds is 6. The third-order valence-electron chi connectivity index (χ3n) is 3.36. The molecule has 26 heavy (non-hydrogen) atoms. The molecule has 0 fully saturated rings. The number of halogens is 2. The van der Waals surface area contributed by atoms with Crippen LogP contribution in [0.1, 0.15) is 18.9 Å². The molecule has 0 amide bonds. The molecule has 8 heteroatoms. The third kappa shape index (κ3) is 4.41. The monoisotopic (exact) mass is 360 g/mol. The zero-order valence-corrected chi connectivity index (χ0v) is 13.7. The highest BCUT2D eigenvalue weighted by Crippen LogP contribution is 2.22. The standard InChI is InChI=1S/C18H14F2N2O4/c1-11(25-16(23)10-24-15-8-6-14(20)7-9-15)17-21-22-18(26-17)12-2-4-13(19)5-3-12/h2-9,11H,10H2,1H3/t11-/m0/s1. The van der Waals surface area contributed by atoms with E-state index in [4.69, 9.17) is 13.9 Å². The summed E-state index contributed by atoms with van der Waals surface area (Å²) in [5.74, 6) is -0.806. The lowest BCUT2D eigenvalue weighted by Gasteiger charge is -2.10. The van der Waals surface area contributed by atoms with Crippen LogP contribution in [0.2, 0.25) is 0 Å². The van der Waals surface area contributed by atoms with E-state index in [9.17, 15) is 13.6 Å². The summed E-state index contributed by atoms with van der Waals surface area (Å²) in [6.07, 6.45) is -0.791. The van der Waals surface area contributed by atoms with Gasteiger partial charge < -0.3 is 13.9 Å². The molecular weight excluding hydrogens is 346 g/mol. The Morgan fingerprint density at radius 3 is 2.31 bits per heavy atom. The first-order valence-corrected chi connectivity index (χ1v) is 7.68. The maximum absolute atomic E-state index is 12.9. The lowest BCUT2D eigenvalue weighted by molar-refractivity contribution is -0.152. The Hall–Kier alpha value is -3.29. The Morgan fingerprint density at radius 1 is 1.04 bits per heavy atom. The predicted molar refractivity (Wildman–Crippen MR) is 86.1 cm³/mol. The average Bonchev–Trinajstić information content (AvgIpc) is 3.12. The summed E-state index contributed by atoms with van der Waals surface area (Å²) in [5, 5.41) is 7.67. The van der Waals surface area contributed by atoms with E-state index in [0.29, 0.717) is 11.3 Å². The van der Waals surface area contributed by atoms with Crippen molar-refractivity contribution in [1.82, 2.24) is 10.2 Å². The quantitative estimate of drug-likeness (QED) is 0.624. The molecule has 3 rings (SSSR count). The van der Waals surface area contributed by atoms with E-state index in [0.717, 1.165) is 0 Å². The smallest absolute Gasteiger partial charge is 0.344 e. The molecule has 6 nitrogen and oxygen atoms in total. The van der Waals surface area contributed by atoms with Crippen LogP contribution in [0.4, 0.5) is 8.78 Å². The zero-order valence-electron chi connectivity index (χ0n) is 13.7. The van der Waals surface area contributed by atoms with Crippen LogP contribution in [0.3, 0.4) is 0 Å². The Bertz CT molecular complexity index is 879. The molecule has 1 aromatic heterocycles. The molecule has 1 heterocycles. The number of carbonyl (C=O) groups is 1. The molecule has 0 N–H and O–H groups in total. The van der Waals surface area contributed by atoms with Crippen molar-refractivity contribution >= 4 is 5.97 Å². The summed E-state index contributed by atoms with van der Waals surface area (Å²) in [6.45, 7) is 1.21. The Balaban J connectivity index is 1.55. The first kappa shape index (κ1) is 17.5. The third-order valence-corrected chi connectivity index (χ3v) is 3.36. The summed E-state index contributed by atoms with van der Waals surface area (Å²) < 4.78 is 41.5. The Morgan fingerprint density at radius 2 is 1.65 bits per heavy atom. The fraction of sp³-hybridized carbons (Fsp3) is 0.167. The van der Waals surface area contributed by atoms with E-state index in [1.165, 1.54) is 48.5 Å². The van der Waals surface area contributed by atoms with Crippen molar-refractivity contribution in [1.29, 1.82) is 0 Å². The maximum Gasteiger partial charge on any atom is 0.344 e. The molecule has 1 atom stereocenters. The van der Waals surface area contributed by atoms with Crippen LogP contribution in [0.25, 0.3) is 11.5 Å². The first-order valence-electron chi connectivity index (χ1n) is 7.68. The van der Waals surface area contributed by atoms with Crippen LogP contribution >= 0.6 is 0 Å². The van der Waals surface area contributed by atoms with Crippen molar-refractivity contribution in [3.8, 4) is 17.2 Å². The number of carbonyl (C=O) groups excluding carboxylic acids is 1.